The van der Waals surface area contributed by atoms with Crippen molar-refractivity contribution in [3.8, 4) is 11.5 Å². The Morgan fingerprint density at radius 1 is 1.07 bits per heavy atom. The van der Waals surface area contributed by atoms with Crippen LogP contribution < -0.4 is 9.47 Å². The lowest BCUT2D eigenvalue weighted by molar-refractivity contribution is -0.147. The fourth-order valence-electron chi connectivity index (χ4n) is 3.56. The molecule has 1 unspecified atom stereocenters. The van der Waals surface area contributed by atoms with Crippen LogP contribution >= 0.6 is 0 Å². The van der Waals surface area contributed by atoms with Crippen molar-refractivity contribution in [2.24, 2.45) is 5.92 Å². The number of ether oxygens (including phenoxy) is 3. The van der Waals surface area contributed by atoms with Crippen LogP contribution in [-0.2, 0) is 14.3 Å². The van der Waals surface area contributed by atoms with Crippen molar-refractivity contribution in [3.63, 3.8) is 0 Å². The molecule has 150 valence electrons. The average molecular weight is 377 g/mol. The van der Waals surface area contributed by atoms with E-state index in [1.54, 1.807) is 26.2 Å². The molecule has 1 aliphatic carbocycles. The Balaban J connectivity index is 2.08. The van der Waals surface area contributed by atoms with E-state index in [0.29, 0.717) is 18.0 Å². The molecular formula is C21H31NO5. The average Bonchev–Trinajstić information content (AvgIpc) is 2.98. The van der Waals surface area contributed by atoms with Gasteiger partial charge in [-0.25, -0.2) is 0 Å². The van der Waals surface area contributed by atoms with E-state index in [1.807, 2.05) is 17.0 Å². The summed E-state index contributed by atoms with van der Waals surface area (Å²) in [5.74, 6) is 0.355. The Bertz CT molecular complexity index is 610. The number of para-hydroxylation sites is 2. The van der Waals surface area contributed by atoms with E-state index in [1.165, 1.54) is 20.0 Å². The van der Waals surface area contributed by atoms with E-state index in [9.17, 15) is 9.59 Å². The molecule has 1 aromatic rings. The lowest BCUT2D eigenvalue weighted by atomic mass is 10.0. The second-order valence-electron chi connectivity index (χ2n) is 7.06. The number of hydrogen-bond donors (Lipinski definition) is 0. The summed E-state index contributed by atoms with van der Waals surface area (Å²) in [6.07, 6.45) is 6.54. The number of benzene rings is 1. The maximum atomic E-state index is 13.0. The summed E-state index contributed by atoms with van der Waals surface area (Å²) in [5.41, 5.74) is 0. The van der Waals surface area contributed by atoms with Crippen molar-refractivity contribution < 1.29 is 23.8 Å². The van der Waals surface area contributed by atoms with Crippen LogP contribution in [0.4, 0.5) is 0 Å². The van der Waals surface area contributed by atoms with Crippen LogP contribution in [0.5, 0.6) is 11.5 Å². The smallest absolute Gasteiger partial charge is 0.310 e. The van der Waals surface area contributed by atoms with Crippen molar-refractivity contribution in [2.75, 3.05) is 27.4 Å². The van der Waals surface area contributed by atoms with Crippen LogP contribution in [0.1, 0.15) is 45.4 Å². The van der Waals surface area contributed by atoms with Gasteiger partial charge in [0.2, 0.25) is 0 Å². The molecule has 1 aliphatic rings. The lowest BCUT2D eigenvalue weighted by Gasteiger charge is -2.33. The highest BCUT2D eigenvalue weighted by molar-refractivity contribution is 5.79. The number of methoxy groups -OCH3 is 2. The van der Waals surface area contributed by atoms with Crippen LogP contribution in [0.2, 0.25) is 0 Å². The van der Waals surface area contributed by atoms with Crippen molar-refractivity contribution in [2.45, 2.75) is 51.5 Å². The lowest BCUT2D eigenvalue weighted by Crippen LogP contribution is -2.46. The molecule has 27 heavy (non-hydrogen) atoms. The minimum atomic E-state index is -0.367. The second kappa shape index (κ2) is 10.8. The van der Waals surface area contributed by atoms with Gasteiger partial charge in [-0.2, -0.15) is 0 Å². The van der Waals surface area contributed by atoms with Crippen LogP contribution in [-0.4, -0.2) is 50.2 Å². The van der Waals surface area contributed by atoms with Crippen LogP contribution in [0, 0.1) is 5.92 Å². The monoisotopic (exact) mass is 377 g/mol. The standard InChI is InChI=1S/C21H31NO5/c1-16(21(24)26-3)14-22(17-10-6-4-5-7-11-17)20(23)15-27-19-13-9-8-12-18(19)25-2/h8-9,12-13,16-17H,4-7,10-11,14-15H2,1-3H3. The first-order valence-corrected chi connectivity index (χ1v) is 9.70. The predicted octanol–water partition coefficient (Wildman–Crippen LogP) is 3.43. The predicted molar refractivity (Wildman–Crippen MR) is 103 cm³/mol. The first-order valence-electron chi connectivity index (χ1n) is 9.70. The van der Waals surface area contributed by atoms with E-state index in [2.05, 4.69) is 0 Å². The third-order valence-corrected chi connectivity index (χ3v) is 5.08. The van der Waals surface area contributed by atoms with E-state index in [-0.39, 0.29) is 30.4 Å². The molecule has 6 nitrogen and oxygen atoms in total. The summed E-state index contributed by atoms with van der Waals surface area (Å²) in [6, 6.07) is 7.41. The molecule has 1 aromatic carbocycles. The highest BCUT2D eigenvalue weighted by Gasteiger charge is 2.28. The zero-order valence-electron chi connectivity index (χ0n) is 16.6. The van der Waals surface area contributed by atoms with Gasteiger partial charge in [-0.1, -0.05) is 44.7 Å². The topological polar surface area (TPSA) is 65.1 Å². The summed E-state index contributed by atoms with van der Waals surface area (Å²) in [5, 5.41) is 0. The molecule has 0 spiro atoms. The molecular weight excluding hydrogens is 346 g/mol. The molecule has 1 amide bonds. The molecule has 2 rings (SSSR count). The minimum Gasteiger partial charge on any atom is -0.493 e. The van der Waals surface area contributed by atoms with Crippen molar-refractivity contribution in [1.82, 2.24) is 4.90 Å². The normalized spacial score (nSPS) is 16.1. The van der Waals surface area contributed by atoms with Gasteiger partial charge >= 0.3 is 5.97 Å². The Kier molecular flexibility index (Phi) is 8.43. The molecule has 0 radical (unpaired) electrons. The maximum Gasteiger partial charge on any atom is 0.310 e. The van der Waals surface area contributed by atoms with Gasteiger partial charge in [0.15, 0.2) is 18.1 Å². The first-order chi connectivity index (χ1) is 13.1. The number of rotatable bonds is 8. The number of carbonyl (C=O) groups excluding carboxylic acids is 2. The van der Waals surface area contributed by atoms with E-state index >= 15 is 0 Å². The second-order valence-corrected chi connectivity index (χ2v) is 7.06. The zero-order chi connectivity index (χ0) is 19.6. The largest absolute Gasteiger partial charge is 0.493 e. The highest BCUT2D eigenvalue weighted by Crippen LogP contribution is 2.27. The Morgan fingerprint density at radius 3 is 2.30 bits per heavy atom. The molecule has 0 heterocycles. The van der Waals surface area contributed by atoms with Crippen LogP contribution in [0.3, 0.4) is 0 Å². The molecule has 1 saturated carbocycles. The Morgan fingerprint density at radius 2 is 1.70 bits per heavy atom. The summed E-state index contributed by atoms with van der Waals surface area (Å²) in [7, 11) is 2.95. The van der Waals surface area contributed by atoms with Crippen LogP contribution in [0.15, 0.2) is 24.3 Å². The summed E-state index contributed by atoms with van der Waals surface area (Å²) < 4.78 is 15.8. The van der Waals surface area contributed by atoms with E-state index in [4.69, 9.17) is 14.2 Å². The van der Waals surface area contributed by atoms with Gasteiger partial charge in [-0.05, 0) is 25.0 Å². The molecule has 0 aliphatic heterocycles. The third kappa shape index (κ3) is 6.15. The summed E-state index contributed by atoms with van der Waals surface area (Å²) in [6.45, 7) is 2.07. The molecule has 1 atom stereocenters. The van der Waals surface area contributed by atoms with Gasteiger partial charge in [0.05, 0.1) is 20.1 Å². The van der Waals surface area contributed by atoms with Crippen molar-refractivity contribution in [1.29, 1.82) is 0 Å². The third-order valence-electron chi connectivity index (χ3n) is 5.08. The number of nitrogens with zero attached hydrogens (tertiary/aromatic N) is 1. The molecule has 0 bridgehead atoms. The van der Waals surface area contributed by atoms with Gasteiger partial charge in [-0.15, -0.1) is 0 Å². The number of hydrogen-bond acceptors (Lipinski definition) is 5. The van der Waals surface area contributed by atoms with Gasteiger partial charge in [0.25, 0.3) is 5.91 Å². The van der Waals surface area contributed by atoms with Crippen molar-refractivity contribution >= 4 is 11.9 Å². The SMILES string of the molecule is COC(=O)C(C)CN(C(=O)COc1ccccc1OC)C1CCCCCC1. The Labute approximate surface area is 161 Å². The number of amides is 1. The minimum absolute atomic E-state index is 0.0786. The van der Waals surface area contributed by atoms with E-state index in [0.717, 1.165) is 25.7 Å². The number of carbonyl (C=O) groups is 2. The van der Waals surface area contributed by atoms with Crippen molar-refractivity contribution in [3.05, 3.63) is 24.3 Å². The summed E-state index contributed by atoms with van der Waals surface area (Å²) in [4.78, 5) is 26.7. The first kappa shape index (κ1) is 21.1. The highest BCUT2D eigenvalue weighted by atomic mass is 16.5. The molecule has 0 aromatic heterocycles. The maximum absolute atomic E-state index is 13.0. The quantitative estimate of drug-likeness (QED) is 0.513. The van der Waals surface area contributed by atoms with Crippen LogP contribution in [0.25, 0.3) is 0 Å². The number of esters is 1. The van der Waals surface area contributed by atoms with Gasteiger partial charge in [0, 0.05) is 12.6 Å². The molecule has 0 saturated heterocycles. The van der Waals surface area contributed by atoms with Gasteiger partial charge in [0.1, 0.15) is 0 Å². The van der Waals surface area contributed by atoms with Gasteiger partial charge < -0.3 is 19.1 Å². The van der Waals surface area contributed by atoms with Gasteiger partial charge in [-0.3, -0.25) is 9.59 Å². The molecule has 0 N–H and O–H groups in total. The fraction of sp³-hybridized carbons (Fsp3) is 0.619. The molecule has 6 heteroatoms. The fourth-order valence-corrected chi connectivity index (χ4v) is 3.56. The summed E-state index contributed by atoms with van der Waals surface area (Å²) >= 11 is 0. The van der Waals surface area contributed by atoms with E-state index < -0.39 is 0 Å². The Hall–Kier alpha value is -2.24. The zero-order valence-corrected chi connectivity index (χ0v) is 16.6. The molecule has 1 fully saturated rings.